The maximum atomic E-state index is 12.6. The van der Waals surface area contributed by atoms with E-state index < -0.39 is 10.0 Å². The first kappa shape index (κ1) is 15.7. The van der Waals surface area contributed by atoms with Crippen LogP contribution in [0.2, 0.25) is 0 Å². The first-order valence-electron chi connectivity index (χ1n) is 7.53. The van der Waals surface area contributed by atoms with Gasteiger partial charge in [-0.1, -0.05) is 12.1 Å². The number of nitrogens with one attached hydrogen (secondary N) is 1. The molecule has 0 aliphatic heterocycles. The maximum Gasteiger partial charge on any atom is 0.267 e. The van der Waals surface area contributed by atoms with Crippen LogP contribution >= 0.6 is 0 Å². The monoisotopic (exact) mass is 333 g/mol. The second-order valence-electron chi connectivity index (χ2n) is 5.52. The molecule has 3 rings (SSSR count). The summed E-state index contributed by atoms with van der Waals surface area (Å²) in [6.45, 7) is 1.90. The Morgan fingerprint density at radius 3 is 2.65 bits per heavy atom. The zero-order valence-electron chi connectivity index (χ0n) is 13.2. The Bertz CT molecular complexity index is 834. The van der Waals surface area contributed by atoms with Crippen LogP contribution in [0, 0.1) is 6.92 Å². The summed E-state index contributed by atoms with van der Waals surface area (Å²) in [5.74, 6) is 0.406. The van der Waals surface area contributed by atoms with Gasteiger partial charge in [-0.25, -0.2) is 23.1 Å². The van der Waals surface area contributed by atoms with Crippen LogP contribution in [0.25, 0.3) is 0 Å². The summed E-state index contributed by atoms with van der Waals surface area (Å²) in [4.78, 5) is 8.78. The van der Waals surface area contributed by atoms with Crippen LogP contribution in [0.4, 0.5) is 5.95 Å². The van der Waals surface area contributed by atoms with Gasteiger partial charge in [0.2, 0.25) is 5.95 Å². The van der Waals surface area contributed by atoms with Gasteiger partial charge < -0.3 is 4.74 Å². The standard InChI is InChI=1S/C16H19N3O3S/c1-11-12-7-3-4-8-13(12)18-16(17-11)19-23(20,21)15-10-6-5-9-14(15)22-2/h5-6,9-10H,3-4,7-8H2,1-2H3,(H,17,18,19). The van der Waals surface area contributed by atoms with Crippen molar-refractivity contribution in [2.45, 2.75) is 37.5 Å². The third kappa shape index (κ3) is 3.14. The van der Waals surface area contributed by atoms with Crippen molar-refractivity contribution in [1.82, 2.24) is 9.97 Å². The molecule has 0 saturated carbocycles. The minimum Gasteiger partial charge on any atom is -0.495 e. The van der Waals surface area contributed by atoms with E-state index >= 15 is 0 Å². The summed E-state index contributed by atoms with van der Waals surface area (Å²) in [7, 11) is -2.36. The lowest BCUT2D eigenvalue weighted by Gasteiger charge is -2.18. The first-order chi connectivity index (χ1) is 11.0. The minimum atomic E-state index is -3.80. The summed E-state index contributed by atoms with van der Waals surface area (Å²) >= 11 is 0. The van der Waals surface area contributed by atoms with Gasteiger partial charge in [0.05, 0.1) is 7.11 Å². The third-order valence-corrected chi connectivity index (χ3v) is 5.34. The quantitative estimate of drug-likeness (QED) is 0.929. The van der Waals surface area contributed by atoms with Gasteiger partial charge >= 0.3 is 0 Å². The van der Waals surface area contributed by atoms with Crippen LogP contribution in [0.5, 0.6) is 5.75 Å². The van der Waals surface area contributed by atoms with Crippen LogP contribution in [0.3, 0.4) is 0 Å². The molecule has 0 spiro atoms. The third-order valence-electron chi connectivity index (χ3n) is 3.97. The summed E-state index contributed by atoms with van der Waals surface area (Å²) < 4.78 is 32.8. The fraction of sp³-hybridized carbons (Fsp3) is 0.375. The Morgan fingerprint density at radius 1 is 1.13 bits per heavy atom. The summed E-state index contributed by atoms with van der Waals surface area (Å²) in [6.07, 6.45) is 4.02. The fourth-order valence-electron chi connectivity index (χ4n) is 2.84. The van der Waals surface area contributed by atoms with Crippen LogP contribution in [-0.2, 0) is 22.9 Å². The highest BCUT2D eigenvalue weighted by Crippen LogP contribution is 2.26. The Balaban J connectivity index is 1.96. The molecule has 1 N–H and O–H groups in total. The number of benzene rings is 1. The largest absolute Gasteiger partial charge is 0.495 e. The van der Waals surface area contributed by atoms with Crippen LogP contribution in [-0.4, -0.2) is 25.5 Å². The van der Waals surface area contributed by atoms with Gasteiger partial charge in [-0.15, -0.1) is 0 Å². The number of hydrogen-bond donors (Lipinski definition) is 1. The molecule has 1 aliphatic carbocycles. The van der Waals surface area contributed by atoms with Gasteiger partial charge in [0.1, 0.15) is 10.6 Å². The van der Waals surface area contributed by atoms with Crippen molar-refractivity contribution in [3.8, 4) is 5.75 Å². The number of aryl methyl sites for hydroxylation is 2. The zero-order valence-corrected chi connectivity index (χ0v) is 14.0. The van der Waals surface area contributed by atoms with Crippen molar-refractivity contribution in [1.29, 1.82) is 0 Å². The molecule has 1 aliphatic rings. The normalized spacial score (nSPS) is 14.2. The lowest BCUT2D eigenvalue weighted by molar-refractivity contribution is 0.403. The lowest BCUT2D eigenvalue weighted by Crippen LogP contribution is -2.18. The number of ether oxygens (including phenoxy) is 1. The second-order valence-corrected chi connectivity index (χ2v) is 7.17. The average Bonchev–Trinajstić information content (AvgIpc) is 2.54. The molecule has 0 amide bonds. The second kappa shape index (κ2) is 6.16. The highest BCUT2D eigenvalue weighted by molar-refractivity contribution is 7.92. The van der Waals surface area contributed by atoms with E-state index in [4.69, 9.17) is 4.74 Å². The lowest BCUT2D eigenvalue weighted by atomic mass is 9.95. The van der Waals surface area contributed by atoms with Gasteiger partial charge in [0.25, 0.3) is 10.0 Å². The predicted octanol–water partition coefficient (Wildman–Crippen LogP) is 2.47. The Labute approximate surface area is 136 Å². The van der Waals surface area contributed by atoms with E-state index in [0.29, 0.717) is 0 Å². The molecule has 0 radical (unpaired) electrons. The van der Waals surface area contributed by atoms with Crippen molar-refractivity contribution >= 4 is 16.0 Å². The van der Waals surface area contributed by atoms with E-state index in [2.05, 4.69) is 14.7 Å². The fourth-order valence-corrected chi connectivity index (χ4v) is 3.96. The minimum absolute atomic E-state index is 0.0708. The molecular weight excluding hydrogens is 314 g/mol. The number of aromatic nitrogens is 2. The van der Waals surface area contributed by atoms with Gasteiger partial charge in [-0.05, 0) is 50.3 Å². The summed E-state index contributed by atoms with van der Waals surface area (Å²) in [5, 5.41) is 0. The number of para-hydroxylation sites is 1. The van der Waals surface area contributed by atoms with E-state index in [0.717, 1.165) is 42.6 Å². The number of nitrogens with zero attached hydrogens (tertiary/aromatic N) is 2. The molecular formula is C16H19N3O3S. The molecule has 1 aromatic heterocycles. The van der Waals surface area contributed by atoms with Gasteiger partial charge in [0, 0.05) is 11.4 Å². The average molecular weight is 333 g/mol. The van der Waals surface area contributed by atoms with Crippen LogP contribution in [0.1, 0.15) is 29.8 Å². The molecule has 122 valence electrons. The number of hydrogen-bond acceptors (Lipinski definition) is 5. The molecule has 0 unspecified atom stereocenters. The van der Waals surface area contributed by atoms with Crippen molar-refractivity contribution in [3.63, 3.8) is 0 Å². The predicted molar refractivity (Wildman–Crippen MR) is 87.2 cm³/mol. The highest BCUT2D eigenvalue weighted by atomic mass is 32.2. The molecule has 1 aromatic carbocycles. The molecule has 0 fully saturated rings. The number of methoxy groups -OCH3 is 1. The summed E-state index contributed by atoms with van der Waals surface area (Å²) in [5.41, 5.74) is 2.94. The Hall–Kier alpha value is -2.15. The van der Waals surface area contributed by atoms with E-state index in [1.54, 1.807) is 18.2 Å². The molecule has 7 heteroatoms. The Kier molecular flexibility index (Phi) is 4.21. The smallest absolute Gasteiger partial charge is 0.267 e. The number of rotatable bonds is 4. The molecule has 0 atom stereocenters. The van der Waals surface area contributed by atoms with Crippen molar-refractivity contribution < 1.29 is 13.2 Å². The maximum absolute atomic E-state index is 12.6. The molecule has 6 nitrogen and oxygen atoms in total. The molecule has 0 bridgehead atoms. The van der Waals surface area contributed by atoms with E-state index in [1.165, 1.54) is 13.2 Å². The van der Waals surface area contributed by atoms with Gasteiger partial charge in [-0.3, -0.25) is 0 Å². The van der Waals surface area contributed by atoms with Crippen molar-refractivity contribution in [2.75, 3.05) is 11.8 Å². The van der Waals surface area contributed by atoms with E-state index in [1.807, 2.05) is 6.92 Å². The zero-order chi connectivity index (χ0) is 16.4. The number of fused-ring (bicyclic) bond motifs is 1. The molecule has 1 heterocycles. The SMILES string of the molecule is COc1ccccc1S(=O)(=O)Nc1nc(C)c2c(n1)CCCC2. The van der Waals surface area contributed by atoms with E-state index in [9.17, 15) is 8.42 Å². The highest BCUT2D eigenvalue weighted by Gasteiger charge is 2.22. The van der Waals surface area contributed by atoms with Crippen LogP contribution < -0.4 is 9.46 Å². The molecule has 2 aromatic rings. The molecule has 0 saturated heterocycles. The van der Waals surface area contributed by atoms with Crippen molar-refractivity contribution in [3.05, 3.63) is 41.2 Å². The van der Waals surface area contributed by atoms with Crippen molar-refractivity contribution in [2.24, 2.45) is 0 Å². The van der Waals surface area contributed by atoms with Gasteiger partial charge in [-0.2, -0.15) is 0 Å². The number of sulfonamides is 1. The molecule has 23 heavy (non-hydrogen) atoms. The Morgan fingerprint density at radius 2 is 1.87 bits per heavy atom. The summed E-state index contributed by atoms with van der Waals surface area (Å²) in [6, 6.07) is 6.47. The number of anilines is 1. The van der Waals surface area contributed by atoms with Crippen LogP contribution in [0.15, 0.2) is 29.2 Å². The van der Waals surface area contributed by atoms with Gasteiger partial charge in [0.15, 0.2) is 0 Å². The first-order valence-corrected chi connectivity index (χ1v) is 9.02. The van der Waals surface area contributed by atoms with E-state index in [-0.39, 0.29) is 16.6 Å². The topological polar surface area (TPSA) is 81.2 Å².